The largest absolute Gasteiger partial charge is 0.381 e. The Morgan fingerprint density at radius 1 is 1.30 bits per heavy atom. The summed E-state index contributed by atoms with van der Waals surface area (Å²) in [6.45, 7) is 10.4. The number of rotatable bonds is 6. The first kappa shape index (κ1) is 15.3. The average molecular weight is 276 g/mol. The molecule has 3 heteroatoms. The molecule has 3 nitrogen and oxygen atoms in total. The highest BCUT2D eigenvalue weighted by atomic mass is 16.5. The molecule has 0 radical (unpaired) electrons. The highest BCUT2D eigenvalue weighted by molar-refractivity contribution is 5.47. The van der Waals surface area contributed by atoms with E-state index in [2.05, 4.69) is 62.3 Å². The predicted molar refractivity (Wildman–Crippen MR) is 85.5 cm³/mol. The molecule has 0 amide bonds. The van der Waals surface area contributed by atoms with E-state index in [0.29, 0.717) is 6.04 Å². The summed E-state index contributed by atoms with van der Waals surface area (Å²) >= 11 is 0. The van der Waals surface area contributed by atoms with Crippen LogP contribution in [0.5, 0.6) is 0 Å². The fourth-order valence-corrected chi connectivity index (χ4v) is 2.78. The van der Waals surface area contributed by atoms with Gasteiger partial charge in [0, 0.05) is 43.9 Å². The highest BCUT2D eigenvalue weighted by Gasteiger charge is 2.36. The predicted octanol–water partition coefficient (Wildman–Crippen LogP) is 2.84. The minimum Gasteiger partial charge on any atom is -0.381 e. The molecule has 1 saturated heterocycles. The van der Waals surface area contributed by atoms with Gasteiger partial charge < -0.3 is 15.0 Å². The quantitative estimate of drug-likeness (QED) is 0.864. The normalized spacial score (nSPS) is 22.4. The molecule has 20 heavy (non-hydrogen) atoms. The number of hydrogen-bond acceptors (Lipinski definition) is 3. The number of nitrogens with zero attached hydrogens (tertiary/aromatic N) is 1. The molecule has 1 N–H and O–H groups in total. The van der Waals surface area contributed by atoms with Gasteiger partial charge in [-0.15, -0.1) is 0 Å². The molecule has 0 aromatic heterocycles. The van der Waals surface area contributed by atoms with Gasteiger partial charge in [0.25, 0.3) is 0 Å². The first-order chi connectivity index (χ1) is 9.51. The van der Waals surface area contributed by atoms with Crippen LogP contribution < -0.4 is 10.2 Å². The minimum atomic E-state index is 0.240. The Labute approximate surface area is 123 Å². The van der Waals surface area contributed by atoms with Crippen molar-refractivity contribution in [1.29, 1.82) is 0 Å². The van der Waals surface area contributed by atoms with E-state index in [0.717, 1.165) is 32.7 Å². The van der Waals surface area contributed by atoms with Crippen molar-refractivity contribution in [1.82, 2.24) is 5.32 Å². The zero-order valence-electron chi connectivity index (χ0n) is 13.3. The van der Waals surface area contributed by atoms with Crippen molar-refractivity contribution in [3.05, 3.63) is 29.8 Å². The van der Waals surface area contributed by atoms with E-state index >= 15 is 0 Å². The van der Waals surface area contributed by atoms with Gasteiger partial charge in [0.15, 0.2) is 0 Å². The molecule has 1 aliphatic rings. The Hall–Kier alpha value is -1.06. The Kier molecular flexibility index (Phi) is 5.06. The van der Waals surface area contributed by atoms with E-state index < -0.39 is 0 Å². The van der Waals surface area contributed by atoms with E-state index in [9.17, 15) is 0 Å². The average Bonchev–Trinajstić information content (AvgIpc) is 2.86. The maximum Gasteiger partial charge on any atom is 0.0552 e. The Morgan fingerprint density at radius 3 is 2.55 bits per heavy atom. The Morgan fingerprint density at radius 2 is 2.00 bits per heavy atom. The van der Waals surface area contributed by atoms with Crippen LogP contribution in [0.1, 0.15) is 25.8 Å². The number of aryl methyl sites for hydroxylation is 1. The summed E-state index contributed by atoms with van der Waals surface area (Å²) in [4.78, 5) is 2.36. The van der Waals surface area contributed by atoms with E-state index in [1.165, 1.54) is 11.3 Å². The number of hydrogen-bond donors (Lipinski definition) is 1. The molecule has 0 aliphatic carbocycles. The van der Waals surface area contributed by atoms with Gasteiger partial charge in [-0.25, -0.2) is 0 Å². The van der Waals surface area contributed by atoms with Crippen molar-refractivity contribution in [2.45, 2.75) is 33.2 Å². The van der Waals surface area contributed by atoms with Crippen molar-refractivity contribution in [3.8, 4) is 0 Å². The molecule has 112 valence electrons. The summed E-state index contributed by atoms with van der Waals surface area (Å²) in [5.74, 6) is 0. The lowest BCUT2D eigenvalue weighted by Crippen LogP contribution is -2.45. The van der Waals surface area contributed by atoms with Gasteiger partial charge in [-0.3, -0.25) is 0 Å². The summed E-state index contributed by atoms with van der Waals surface area (Å²) in [6.07, 6.45) is 1.14. The maximum atomic E-state index is 5.68. The third-order valence-corrected chi connectivity index (χ3v) is 4.12. The monoisotopic (exact) mass is 276 g/mol. The van der Waals surface area contributed by atoms with E-state index in [4.69, 9.17) is 4.74 Å². The summed E-state index contributed by atoms with van der Waals surface area (Å²) < 4.78 is 5.68. The van der Waals surface area contributed by atoms with Gasteiger partial charge in [-0.1, -0.05) is 31.5 Å². The molecular formula is C17H28N2O. The molecule has 0 bridgehead atoms. The summed E-state index contributed by atoms with van der Waals surface area (Å²) in [7, 11) is 2.18. The van der Waals surface area contributed by atoms with Crippen LogP contribution in [0.4, 0.5) is 5.69 Å². The van der Waals surface area contributed by atoms with Crippen LogP contribution in [0.25, 0.3) is 0 Å². The second-order valence-electron chi connectivity index (χ2n) is 6.53. The minimum absolute atomic E-state index is 0.240. The second kappa shape index (κ2) is 6.59. The lowest BCUT2D eigenvalue weighted by atomic mass is 9.86. The van der Waals surface area contributed by atoms with Gasteiger partial charge >= 0.3 is 0 Å². The number of ether oxygens (including phenoxy) is 1. The van der Waals surface area contributed by atoms with Crippen LogP contribution in [-0.2, 0) is 4.74 Å². The van der Waals surface area contributed by atoms with Crippen molar-refractivity contribution >= 4 is 5.69 Å². The van der Waals surface area contributed by atoms with Crippen LogP contribution in [0.15, 0.2) is 24.3 Å². The van der Waals surface area contributed by atoms with Gasteiger partial charge in [0.1, 0.15) is 0 Å². The summed E-state index contributed by atoms with van der Waals surface area (Å²) in [5.41, 5.74) is 2.83. The molecule has 1 fully saturated rings. The third-order valence-electron chi connectivity index (χ3n) is 4.12. The van der Waals surface area contributed by atoms with Crippen molar-refractivity contribution in [2.75, 3.05) is 38.3 Å². The van der Waals surface area contributed by atoms with E-state index in [-0.39, 0.29) is 5.41 Å². The Balaban J connectivity index is 2.02. The fourth-order valence-electron chi connectivity index (χ4n) is 2.78. The molecular weight excluding hydrogens is 248 g/mol. The summed E-state index contributed by atoms with van der Waals surface area (Å²) in [6, 6.07) is 9.28. The lowest BCUT2D eigenvalue weighted by Gasteiger charge is -2.34. The van der Waals surface area contributed by atoms with Crippen molar-refractivity contribution in [3.63, 3.8) is 0 Å². The molecule has 1 atom stereocenters. The van der Waals surface area contributed by atoms with Crippen molar-refractivity contribution < 1.29 is 4.74 Å². The molecule has 1 aliphatic heterocycles. The molecule has 1 heterocycles. The first-order valence-electron chi connectivity index (χ1n) is 7.60. The molecule has 1 aromatic carbocycles. The SMILES string of the molecule is Cc1ccc(N(C)CC2(CNC(C)C)CCOC2)cc1. The number of anilines is 1. The number of nitrogens with one attached hydrogen (secondary N) is 1. The van der Waals surface area contributed by atoms with Gasteiger partial charge in [-0.05, 0) is 25.5 Å². The topological polar surface area (TPSA) is 24.5 Å². The van der Waals surface area contributed by atoms with Crippen LogP contribution >= 0.6 is 0 Å². The molecule has 2 rings (SSSR count). The second-order valence-corrected chi connectivity index (χ2v) is 6.53. The van der Waals surface area contributed by atoms with Gasteiger partial charge in [-0.2, -0.15) is 0 Å². The smallest absolute Gasteiger partial charge is 0.0552 e. The fraction of sp³-hybridized carbons (Fsp3) is 0.647. The zero-order chi connectivity index (χ0) is 14.6. The van der Waals surface area contributed by atoms with Crippen LogP contribution in [0.2, 0.25) is 0 Å². The van der Waals surface area contributed by atoms with Gasteiger partial charge in [0.2, 0.25) is 0 Å². The lowest BCUT2D eigenvalue weighted by molar-refractivity contribution is 0.151. The van der Waals surface area contributed by atoms with E-state index in [1.807, 2.05) is 0 Å². The standard InChI is InChI=1S/C17H28N2O/c1-14(2)18-11-17(9-10-20-13-17)12-19(4)16-7-5-15(3)6-8-16/h5-8,14,18H,9-13H2,1-4H3. The highest BCUT2D eigenvalue weighted by Crippen LogP contribution is 2.30. The van der Waals surface area contributed by atoms with Crippen LogP contribution in [0.3, 0.4) is 0 Å². The van der Waals surface area contributed by atoms with Crippen LogP contribution in [-0.4, -0.2) is 39.4 Å². The molecule has 0 saturated carbocycles. The first-order valence-corrected chi connectivity index (χ1v) is 7.60. The van der Waals surface area contributed by atoms with Gasteiger partial charge in [0.05, 0.1) is 6.61 Å². The number of benzene rings is 1. The maximum absolute atomic E-state index is 5.68. The van der Waals surface area contributed by atoms with E-state index in [1.54, 1.807) is 0 Å². The molecule has 1 aromatic rings. The third kappa shape index (κ3) is 3.97. The molecule has 1 unspecified atom stereocenters. The molecule has 0 spiro atoms. The zero-order valence-corrected chi connectivity index (χ0v) is 13.3. The summed E-state index contributed by atoms with van der Waals surface area (Å²) in [5, 5.41) is 3.59. The van der Waals surface area contributed by atoms with Crippen molar-refractivity contribution in [2.24, 2.45) is 5.41 Å². The van der Waals surface area contributed by atoms with Crippen LogP contribution in [0, 0.1) is 12.3 Å². The Bertz CT molecular complexity index is 408.